The first-order valence-electron chi connectivity index (χ1n) is 5.37. The lowest BCUT2D eigenvalue weighted by Crippen LogP contribution is -2.13. The fraction of sp³-hybridized carbons (Fsp3) is 0.0909. The molecule has 0 saturated carbocycles. The Bertz CT molecular complexity index is 770. The number of nitrogens with zero attached hydrogens (tertiary/aromatic N) is 1. The quantitative estimate of drug-likeness (QED) is 0.797. The Labute approximate surface area is 119 Å². The smallest absolute Gasteiger partial charge is 0.353 e. The van der Waals surface area contributed by atoms with Crippen LogP contribution in [0.5, 0.6) is 0 Å². The molecule has 1 aromatic carbocycles. The third-order valence-electron chi connectivity index (χ3n) is 2.42. The Kier molecular flexibility index (Phi) is 3.69. The average Bonchev–Trinajstić information content (AvgIpc) is 2.76. The molecule has 2 rings (SSSR count). The van der Waals surface area contributed by atoms with Gasteiger partial charge >= 0.3 is 5.97 Å². The maximum atomic E-state index is 12.1. The average molecular weight is 316 g/mol. The lowest BCUT2D eigenvalue weighted by atomic mass is 10.2. The van der Waals surface area contributed by atoms with Crippen LogP contribution in [0, 0.1) is 6.92 Å². The summed E-state index contributed by atoms with van der Waals surface area (Å²) in [5.74, 6) is -1.37. The molecule has 0 aliphatic rings. The molecule has 0 bridgehead atoms. The summed E-state index contributed by atoms with van der Waals surface area (Å²) < 4.78 is 26.4. The van der Waals surface area contributed by atoms with Gasteiger partial charge in [0, 0.05) is 6.07 Å². The fourth-order valence-electron chi connectivity index (χ4n) is 1.50. The minimum Gasteiger partial charge on any atom is -0.477 e. The summed E-state index contributed by atoms with van der Waals surface area (Å²) in [6.07, 6.45) is 0. The van der Waals surface area contributed by atoms with E-state index in [4.69, 9.17) is 16.7 Å². The van der Waals surface area contributed by atoms with Crippen LogP contribution in [-0.2, 0) is 10.0 Å². The van der Waals surface area contributed by atoms with Crippen LogP contribution in [0.1, 0.15) is 16.1 Å². The van der Waals surface area contributed by atoms with Crippen LogP contribution in [0.15, 0.2) is 29.2 Å². The molecule has 0 spiro atoms. The molecule has 0 aliphatic carbocycles. The number of hydrogen-bond donors (Lipinski definition) is 3. The lowest BCUT2D eigenvalue weighted by molar-refractivity contribution is 0.0690. The number of hydrogen-bond acceptors (Lipinski definition) is 4. The van der Waals surface area contributed by atoms with Crippen molar-refractivity contribution < 1.29 is 18.3 Å². The Morgan fingerprint density at radius 3 is 2.65 bits per heavy atom. The van der Waals surface area contributed by atoms with E-state index in [0.717, 1.165) is 11.6 Å². The van der Waals surface area contributed by atoms with E-state index in [9.17, 15) is 13.2 Å². The highest BCUT2D eigenvalue weighted by Crippen LogP contribution is 2.24. The summed E-state index contributed by atoms with van der Waals surface area (Å²) in [5, 5.41) is 14.5. The van der Waals surface area contributed by atoms with Gasteiger partial charge in [-0.3, -0.25) is 9.82 Å². The van der Waals surface area contributed by atoms with Crippen molar-refractivity contribution in [3.63, 3.8) is 0 Å². The molecule has 0 aliphatic heterocycles. The first kappa shape index (κ1) is 14.4. The van der Waals surface area contributed by atoms with Crippen LogP contribution in [0.25, 0.3) is 0 Å². The second kappa shape index (κ2) is 5.14. The molecule has 0 amide bonds. The Balaban J connectivity index is 2.33. The number of benzene rings is 1. The molecule has 0 fully saturated rings. The zero-order valence-electron chi connectivity index (χ0n) is 10.2. The summed E-state index contributed by atoms with van der Waals surface area (Å²) in [4.78, 5) is 10.6. The van der Waals surface area contributed by atoms with E-state index < -0.39 is 16.0 Å². The number of aromatic amines is 1. The number of halogens is 1. The van der Waals surface area contributed by atoms with Crippen molar-refractivity contribution in [3.05, 3.63) is 40.5 Å². The zero-order valence-corrected chi connectivity index (χ0v) is 11.8. The number of nitrogens with one attached hydrogen (secondary N) is 2. The van der Waals surface area contributed by atoms with E-state index in [1.54, 1.807) is 13.0 Å². The van der Waals surface area contributed by atoms with Crippen LogP contribution in [0.4, 0.5) is 5.82 Å². The second-order valence-electron chi connectivity index (χ2n) is 4.01. The number of aromatic carboxylic acids is 1. The molecule has 1 heterocycles. The van der Waals surface area contributed by atoms with E-state index in [2.05, 4.69) is 14.9 Å². The van der Waals surface area contributed by atoms with Gasteiger partial charge in [0.1, 0.15) is 10.6 Å². The lowest BCUT2D eigenvalue weighted by Gasteiger charge is -2.07. The molecule has 0 radical (unpaired) electrons. The van der Waals surface area contributed by atoms with Gasteiger partial charge in [-0.1, -0.05) is 17.7 Å². The van der Waals surface area contributed by atoms with Gasteiger partial charge in [0.05, 0.1) is 5.02 Å². The van der Waals surface area contributed by atoms with Gasteiger partial charge in [0.2, 0.25) is 0 Å². The van der Waals surface area contributed by atoms with Crippen molar-refractivity contribution in [1.29, 1.82) is 0 Å². The normalized spacial score (nSPS) is 11.3. The summed E-state index contributed by atoms with van der Waals surface area (Å²) in [7, 11) is -3.93. The third-order valence-corrected chi connectivity index (χ3v) is 4.26. The maximum absolute atomic E-state index is 12.1. The van der Waals surface area contributed by atoms with Crippen LogP contribution < -0.4 is 4.72 Å². The number of aryl methyl sites for hydroxylation is 1. The van der Waals surface area contributed by atoms with Crippen LogP contribution in [0.2, 0.25) is 5.02 Å². The Morgan fingerprint density at radius 2 is 2.10 bits per heavy atom. The van der Waals surface area contributed by atoms with Crippen LogP contribution in [0.3, 0.4) is 0 Å². The number of carboxylic acid groups (broad SMARTS) is 1. The van der Waals surface area contributed by atoms with Gasteiger partial charge in [0.25, 0.3) is 10.0 Å². The summed E-state index contributed by atoms with van der Waals surface area (Å²) in [5.41, 5.74) is 0.597. The van der Waals surface area contributed by atoms with Crippen LogP contribution >= 0.6 is 11.6 Å². The van der Waals surface area contributed by atoms with Crippen molar-refractivity contribution in [2.24, 2.45) is 0 Å². The molecule has 9 heteroatoms. The minimum atomic E-state index is -3.93. The van der Waals surface area contributed by atoms with E-state index in [1.807, 2.05) is 0 Å². The van der Waals surface area contributed by atoms with E-state index >= 15 is 0 Å². The van der Waals surface area contributed by atoms with Crippen molar-refractivity contribution in [3.8, 4) is 0 Å². The molecular weight excluding hydrogens is 306 g/mol. The van der Waals surface area contributed by atoms with E-state index in [-0.39, 0.29) is 21.4 Å². The molecule has 0 atom stereocenters. The van der Waals surface area contributed by atoms with Gasteiger partial charge in [0.15, 0.2) is 5.82 Å². The first-order valence-corrected chi connectivity index (χ1v) is 7.23. The molecule has 20 heavy (non-hydrogen) atoms. The fourth-order valence-corrected chi connectivity index (χ4v) is 3.09. The molecule has 7 nitrogen and oxygen atoms in total. The van der Waals surface area contributed by atoms with Crippen molar-refractivity contribution in [2.45, 2.75) is 11.8 Å². The molecule has 0 unspecified atom stereocenters. The monoisotopic (exact) mass is 315 g/mol. The Morgan fingerprint density at radius 1 is 1.40 bits per heavy atom. The molecule has 1 aromatic heterocycles. The summed E-state index contributed by atoms with van der Waals surface area (Å²) in [6.45, 7) is 1.78. The summed E-state index contributed by atoms with van der Waals surface area (Å²) >= 11 is 5.89. The predicted octanol–water partition coefficient (Wildman–Crippen LogP) is 1.87. The van der Waals surface area contributed by atoms with Crippen LogP contribution in [-0.4, -0.2) is 29.7 Å². The highest BCUT2D eigenvalue weighted by atomic mass is 35.5. The standard InChI is InChI=1S/C11H10ClN3O4S/c1-6-2-3-9(7(12)4-6)20(18,19)15-10-5-8(11(16)17)13-14-10/h2-5H,1H3,(H,16,17)(H2,13,14,15). The van der Waals surface area contributed by atoms with E-state index in [0.29, 0.717) is 0 Å². The number of sulfonamides is 1. The number of carbonyl (C=O) groups is 1. The highest BCUT2D eigenvalue weighted by Gasteiger charge is 2.20. The van der Waals surface area contributed by atoms with E-state index in [1.165, 1.54) is 12.1 Å². The largest absolute Gasteiger partial charge is 0.477 e. The Hall–Kier alpha value is -2.06. The van der Waals surface area contributed by atoms with Crippen molar-refractivity contribution >= 4 is 33.4 Å². The van der Waals surface area contributed by atoms with Gasteiger partial charge < -0.3 is 5.11 Å². The topological polar surface area (TPSA) is 112 Å². The number of carboxylic acids is 1. The molecule has 0 saturated heterocycles. The second-order valence-corrected chi connectivity index (χ2v) is 6.07. The first-order chi connectivity index (χ1) is 9.29. The third kappa shape index (κ3) is 2.91. The number of aromatic nitrogens is 2. The molecule has 2 aromatic rings. The molecular formula is C11H10ClN3O4S. The molecule has 3 N–H and O–H groups in total. The maximum Gasteiger partial charge on any atom is 0.353 e. The predicted molar refractivity (Wildman–Crippen MR) is 72.5 cm³/mol. The van der Waals surface area contributed by atoms with Gasteiger partial charge in [-0.15, -0.1) is 0 Å². The SMILES string of the molecule is Cc1ccc(S(=O)(=O)Nc2cc(C(=O)O)[nH]n2)c(Cl)c1. The molecule has 106 valence electrons. The zero-order chi connectivity index (χ0) is 14.9. The minimum absolute atomic E-state index is 0.0755. The summed E-state index contributed by atoms with van der Waals surface area (Å²) in [6, 6.07) is 5.56. The van der Waals surface area contributed by atoms with Gasteiger partial charge in [-0.25, -0.2) is 13.2 Å². The van der Waals surface area contributed by atoms with Gasteiger partial charge in [-0.05, 0) is 24.6 Å². The van der Waals surface area contributed by atoms with Crippen molar-refractivity contribution in [1.82, 2.24) is 10.2 Å². The van der Waals surface area contributed by atoms with Gasteiger partial charge in [-0.2, -0.15) is 5.10 Å². The number of H-pyrrole nitrogens is 1. The number of rotatable bonds is 4. The number of anilines is 1. The highest BCUT2D eigenvalue weighted by molar-refractivity contribution is 7.92. The van der Waals surface area contributed by atoms with Crippen molar-refractivity contribution in [2.75, 3.05) is 4.72 Å².